The van der Waals surface area contributed by atoms with Crippen molar-refractivity contribution in [3.05, 3.63) is 75.7 Å². The van der Waals surface area contributed by atoms with Gasteiger partial charge >= 0.3 is 0 Å². The van der Waals surface area contributed by atoms with E-state index in [2.05, 4.69) is 0 Å². The molecule has 0 spiro atoms. The molecule has 98 valence electrons. The summed E-state index contributed by atoms with van der Waals surface area (Å²) in [5, 5.41) is 2.43. The zero-order valence-corrected chi connectivity index (χ0v) is 12.2. The molecule has 0 aromatic heterocycles. The van der Waals surface area contributed by atoms with E-state index >= 15 is 0 Å². The maximum atomic E-state index is 11.9. The molecule has 0 heterocycles. The predicted molar refractivity (Wildman–Crippen MR) is 83.5 cm³/mol. The van der Waals surface area contributed by atoms with Gasteiger partial charge < -0.3 is 0 Å². The van der Waals surface area contributed by atoms with Gasteiger partial charge in [0.15, 0.2) is 0 Å². The predicted octanol–water partition coefficient (Wildman–Crippen LogP) is 4.57. The fraction of sp³-hybridized carbons (Fsp3) is 0.125. The molecule has 0 aliphatic rings. The number of aryl methyl sites for hydroxylation is 1. The van der Waals surface area contributed by atoms with Crippen molar-refractivity contribution < 1.29 is 4.21 Å². The van der Waals surface area contributed by atoms with Crippen molar-refractivity contribution in [1.29, 1.82) is 0 Å². The van der Waals surface area contributed by atoms with Gasteiger partial charge in [-0.2, -0.15) is 0 Å². The molecule has 1 atom stereocenters. The molecule has 1 unspecified atom stereocenters. The van der Waals surface area contributed by atoms with Crippen LogP contribution in [0.5, 0.6) is 0 Å². The molecule has 2 aromatic carbocycles. The maximum Gasteiger partial charge on any atom is 0.0526 e. The lowest BCUT2D eigenvalue weighted by Gasteiger charge is -1.99. The Labute approximate surface area is 121 Å². The summed E-state index contributed by atoms with van der Waals surface area (Å²) in [6.07, 6.45) is 1.89. The van der Waals surface area contributed by atoms with E-state index < -0.39 is 10.8 Å². The van der Waals surface area contributed by atoms with Crippen LogP contribution in [0, 0.1) is 6.92 Å². The van der Waals surface area contributed by atoms with Gasteiger partial charge in [0.2, 0.25) is 0 Å². The average Bonchev–Trinajstić information content (AvgIpc) is 2.41. The Balaban J connectivity index is 1.97. The minimum atomic E-state index is -1.01. The second kappa shape index (κ2) is 6.69. The Morgan fingerprint density at radius 2 is 1.68 bits per heavy atom. The van der Waals surface area contributed by atoms with E-state index in [1.54, 1.807) is 5.41 Å². The van der Waals surface area contributed by atoms with E-state index in [4.69, 9.17) is 11.6 Å². The summed E-state index contributed by atoms with van der Waals surface area (Å²) in [6, 6.07) is 15.6. The van der Waals surface area contributed by atoms with E-state index in [1.165, 1.54) is 5.56 Å². The second-order valence-corrected chi connectivity index (χ2v) is 6.12. The van der Waals surface area contributed by atoms with Crippen LogP contribution in [-0.2, 0) is 16.6 Å². The summed E-state index contributed by atoms with van der Waals surface area (Å²) >= 11 is 5.81. The first kappa shape index (κ1) is 14.0. The van der Waals surface area contributed by atoms with Crippen LogP contribution in [0.3, 0.4) is 0 Å². The summed E-state index contributed by atoms with van der Waals surface area (Å²) < 4.78 is 11.9. The Bertz CT molecular complexity index is 585. The molecule has 2 aromatic rings. The third-order valence-corrected chi connectivity index (χ3v) is 4.02. The molecule has 3 heteroatoms. The molecule has 0 saturated carbocycles. The smallest absolute Gasteiger partial charge is 0.0526 e. The number of hydrogen-bond acceptors (Lipinski definition) is 1. The van der Waals surface area contributed by atoms with E-state index in [0.29, 0.717) is 10.8 Å². The van der Waals surface area contributed by atoms with Crippen molar-refractivity contribution in [3.8, 4) is 0 Å². The zero-order valence-electron chi connectivity index (χ0n) is 10.7. The number of rotatable bonds is 4. The van der Waals surface area contributed by atoms with Gasteiger partial charge in [0.05, 0.1) is 16.6 Å². The van der Waals surface area contributed by atoms with Gasteiger partial charge in [0.25, 0.3) is 0 Å². The second-order valence-electron chi connectivity index (χ2n) is 4.36. The minimum Gasteiger partial charge on any atom is -0.255 e. The highest BCUT2D eigenvalue weighted by Crippen LogP contribution is 2.12. The fourth-order valence-electron chi connectivity index (χ4n) is 1.63. The zero-order chi connectivity index (χ0) is 13.7. The highest BCUT2D eigenvalue weighted by molar-refractivity contribution is 7.87. The molecule has 0 saturated heterocycles. The largest absolute Gasteiger partial charge is 0.255 e. The Hall–Kier alpha value is -1.38. The summed E-state index contributed by atoms with van der Waals surface area (Å²) in [5.41, 5.74) is 3.31. The first-order chi connectivity index (χ1) is 9.13. The van der Waals surface area contributed by atoms with Crippen molar-refractivity contribution in [2.45, 2.75) is 12.7 Å². The average molecular weight is 291 g/mol. The van der Waals surface area contributed by atoms with E-state index in [1.807, 2.05) is 61.5 Å². The standard InChI is InChI=1S/C16H15ClOS/c1-13-2-4-14(5-3-13)10-11-19(18)12-15-6-8-16(17)9-7-15/h2-11H,12H2,1H3/b11-10+. The van der Waals surface area contributed by atoms with Crippen molar-refractivity contribution >= 4 is 28.5 Å². The van der Waals surface area contributed by atoms with Gasteiger partial charge in [-0.05, 0) is 36.3 Å². The van der Waals surface area contributed by atoms with Gasteiger partial charge in [-0.1, -0.05) is 53.6 Å². The fourth-order valence-corrected chi connectivity index (χ4v) is 2.68. The summed E-state index contributed by atoms with van der Waals surface area (Å²) in [7, 11) is -1.01. The van der Waals surface area contributed by atoms with Crippen LogP contribution in [0.15, 0.2) is 53.9 Å². The van der Waals surface area contributed by atoms with Crippen LogP contribution in [0.4, 0.5) is 0 Å². The van der Waals surface area contributed by atoms with Crippen LogP contribution in [0.2, 0.25) is 5.02 Å². The lowest BCUT2D eigenvalue weighted by molar-refractivity contribution is 0.688. The van der Waals surface area contributed by atoms with E-state index in [0.717, 1.165) is 11.1 Å². The first-order valence-electron chi connectivity index (χ1n) is 6.00. The maximum absolute atomic E-state index is 11.9. The lowest BCUT2D eigenvalue weighted by atomic mass is 10.2. The van der Waals surface area contributed by atoms with Gasteiger partial charge in [0.1, 0.15) is 0 Å². The van der Waals surface area contributed by atoms with Crippen LogP contribution in [-0.4, -0.2) is 4.21 Å². The number of hydrogen-bond donors (Lipinski definition) is 0. The molecule has 0 bridgehead atoms. The molecule has 0 amide bonds. The monoisotopic (exact) mass is 290 g/mol. The van der Waals surface area contributed by atoms with Gasteiger partial charge in [-0.25, -0.2) is 0 Å². The van der Waals surface area contributed by atoms with E-state index in [-0.39, 0.29) is 0 Å². The van der Waals surface area contributed by atoms with Crippen molar-refractivity contribution in [2.24, 2.45) is 0 Å². The van der Waals surface area contributed by atoms with Gasteiger partial charge in [-0.15, -0.1) is 0 Å². The molecule has 19 heavy (non-hydrogen) atoms. The van der Waals surface area contributed by atoms with Crippen LogP contribution in [0.1, 0.15) is 16.7 Å². The molecular weight excluding hydrogens is 276 g/mol. The molecule has 0 N–H and O–H groups in total. The third kappa shape index (κ3) is 4.66. The van der Waals surface area contributed by atoms with Crippen molar-refractivity contribution in [3.63, 3.8) is 0 Å². The number of benzene rings is 2. The normalized spacial score (nSPS) is 12.7. The van der Waals surface area contributed by atoms with Crippen molar-refractivity contribution in [2.75, 3.05) is 0 Å². The van der Waals surface area contributed by atoms with E-state index in [9.17, 15) is 4.21 Å². The van der Waals surface area contributed by atoms with Gasteiger partial charge in [-0.3, -0.25) is 4.21 Å². The molecule has 0 fully saturated rings. The summed E-state index contributed by atoms with van der Waals surface area (Å²) in [6.45, 7) is 2.05. The molecule has 0 aliphatic carbocycles. The van der Waals surface area contributed by atoms with Gasteiger partial charge in [0, 0.05) is 10.4 Å². The quantitative estimate of drug-likeness (QED) is 0.806. The Morgan fingerprint density at radius 1 is 1.05 bits per heavy atom. The van der Waals surface area contributed by atoms with Crippen molar-refractivity contribution in [1.82, 2.24) is 0 Å². The Morgan fingerprint density at radius 3 is 2.32 bits per heavy atom. The lowest BCUT2D eigenvalue weighted by Crippen LogP contribution is -1.90. The third-order valence-electron chi connectivity index (χ3n) is 2.71. The number of halogens is 1. The highest BCUT2D eigenvalue weighted by Gasteiger charge is 1.98. The topological polar surface area (TPSA) is 17.1 Å². The SMILES string of the molecule is Cc1ccc(/C=C/S(=O)Cc2ccc(Cl)cc2)cc1. The Kier molecular flexibility index (Phi) is 4.94. The summed E-state index contributed by atoms with van der Waals surface area (Å²) in [4.78, 5) is 0. The van der Waals surface area contributed by atoms with Crippen LogP contribution < -0.4 is 0 Å². The van der Waals surface area contributed by atoms with Crippen LogP contribution in [0.25, 0.3) is 6.08 Å². The molecule has 1 nitrogen and oxygen atoms in total. The van der Waals surface area contributed by atoms with Crippen LogP contribution >= 0.6 is 11.6 Å². The molecular formula is C16H15ClOS. The minimum absolute atomic E-state index is 0.513. The molecule has 0 radical (unpaired) electrons. The first-order valence-corrected chi connectivity index (χ1v) is 7.76. The molecule has 0 aliphatic heterocycles. The highest BCUT2D eigenvalue weighted by atomic mass is 35.5. The summed E-state index contributed by atoms with van der Waals surface area (Å²) in [5.74, 6) is 0.513. The molecule has 2 rings (SSSR count).